The highest BCUT2D eigenvalue weighted by molar-refractivity contribution is 5.69. The summed E-state index contributed by atoms with van der Waals surface area (Å²) in [6.07, 6.45) is -1.09. The van der Waals surface area contributed by atoms with Crippen molar-refractivity contribution in [1.82, 2.24) is 10.6 Å². The normalized spacial score (nSPS) is 12.0. The number of benzene rings is 2. The molecule has 0 heterocycles. The molecule has 0 bridgehead atoms. The summed E-state index contributed by atoms with van der Waals surface area (Å²) in [7, 11) is 0. The van der Waals surface area contributed by atoms with Gasteiger partial charge in [0.05, 0.1) is 6.04 Å². The van der Waals surface area contributed by atoms with Crippen LogP contribution in [0.4, 0.5) is 9.59 Å². The van der Waals surface area contributed by atoms with Crippen molar-refractivity contribution in [2.24, 2.45) is 0 Å². The number of carbonyl (C=O) groups excluding carboxylic acids is 2. The smallest absolute Gasteiger partial charge is 0.408 e. The van der Waals surface area contributed by atoms with Crippen molar-refractivity contribution in [3.63, 3.8) is 0 Å². The second kappa shape index (κ2) is 9.78. The summed E-state index contributed by atoms with van der Waals surface area (Å²) in [5.41, 5.74) is 2.27. The third kappa shape index (κ3) is 7.70. The molecule has 6 heteroatoms. The van der Waals surface area contributed by atoms with Crippen LogP contribution >= 0.6 is 0 Å². The quantitative estimate of drug-likeness (QED) is 0.769. The van der Waals surface area contributed by atoms with Crippen LogP contribution in [-0.4, -0.2) is 24.3 Å². The Balaban J connectivity index is 1.98. The molecule has 0 radical (unpaired) electrons. The van der Waals surface area contributed by atoms with E-state index in [0.717, 1.165) is 16.7 Å². The van der Waals surface area contributed by atoms with Gasteiger partial charge in [-0.15, -0.1) is 0 Å². The van der Waals surface area contributed by atoms with Crippen molar-refractivity contribution in [2.45, 2.75) is 45.9 Å². The Morgan fingerprint density at radius 3 is 2.21 bits per heavy atom. The van der Waals surface area contributed by atoms with Gasteiger partial charge in [-0.2, -0.15) is 0 Å². The summed E-state index contributed by atoms with van der Waals surface area (Å²) in [6.45, 7) is 7.72. The minimum Gasteiger partial charge on any atom is -0.445 e. The predicted octanol–water partition coefficient (Wildman–Crippen LogP) is 4.49. The molecule has 2 N–H and O–H groups in total. The van der Waals surface area contributed by atoms with Gasteiger partial charge in [-0.25, -0.2) is 9.59 Å². The molecule has 0 spiro atoms. The summed E-state index contributed by atoms with van der Waals surface area (Å²) >= 11 is 0. The maximum atomic E-state index is 12.3. The average molecular weight is 384 g/mol. The van der Waals surface area contributed by atoms with Crippen LogP contribution in [-0.2, 0) is 16.1 Å². The molecule has 2 amide bonds. The number of hydrogen-bond acceptors (Lipinski definition) is 4. The number of aryl methyl sites for hydroxylation is 1. The summed E-state index contributed by atoms with van der Waals surface area (Å²) < 4.78 is 10.6. The maximum Gasteiger partial charge on any atom is 0.408 e. The number of amides is 2. The molecule has 1 unspecified atom stereocenters. The van der Waals surface area contributed by atoms with Crippen LogP contribution in [0.1, 0.15) is 43.5 Å². The highest BCUT2D eigenvalue weighted by Gasteiger charge is 2.20. The Morgan fingerprint density at radius 2 is 1.61 bits per heavy atom. The number of ether oxygens (including phenoxy) is 2. The van der Waals surface area contributed by atoms with Crippen molar-refractivity contribution in [2.75, 3.05) is 6.54 Å². The van der Waals surface area contributed by atoms with E-state index in [1.165, 1.54) is 0 Å². The van der Waals surface area contributed by atoms with Gasteiger partial charge in [-0.05, 0) is 38.8 Å². The zero-order valence-electron chi connectivity index (χ0n) is 16.8. The first kappa shape index (κ1) is 21.3. The lowest BCUT2D eigenvalue weighted by Gasteiger charge is -2.23. The van der Waals surface area contributed by atoms with Gasteiger partial charge in [0.15, 0.2) is 0 Å². The van der Waals surface area contributed by atoms with E-state index in [9.17, 15) is 9.59 Å². The lowest BCUT2D eigenvalue weighted by Crippen LogP contribution is -2.40. The van der Waals surface area contributed by atoms with E-state index in [-0.39, 0.29) is 13.2 Å². The first-order chi connectivity index (χ1) is 13.2. The Morgan fingerprint density at radius 1 is 0.964 bits per heavy atom. The van der Waals surface area contributed by atoms with E-state index in [1.54, 1.807) is 20.8 Å². The molecule has 6 nitrogen and oxygen atoms in total. The fourth-order valence-corrected chi connectivity index (χ4v) is 2.46. The average Bonchev–Trinajstić information content (AvgIpc) is 2.63. The van der Waals surface area contributed by atoms with E-state index >= 15 is 0 Å². The fraction of sp³-hybridized carbons (Fsp3) is 0.364. The second-order valence-corrected chi connectivity index (χ2v) is 7.55. The number of nitrogens with one attached hydrogen (secondary N) is 2. The summed E-state index contributed by atoms with van der Waals surface area (Å²) in [6, 6.07) is 16.7. The molecule has 0 saturated carbocycles. The molecule has 2 rings (SSSR count). The molecule has 2 aromatic carbocycles. The largest absolute Gasteiger partial charge is 0.445 e. The number of rotatable bonds is 6. The Kier molecular flexibility index (Phi) is 7.44. The van der Waals surface area contributed by atoms with Gasteiger partial charge >= 0.3 is 12.2 Å². The maximum absolute atomic E-state index is 12.3. The topological polar surface area (TPSA) is 76.7 Å². The summed E-state index contributed by atoms with van der Waals surface area (Å²) in [5, 5.41) is 5.51. The third-order valence-electron chi connectivity index (χ3n) is 3.83. The van der Waals surface area contributed by atoms with Crippen LogP contribution in [0.5, 0.6) is 0 Å². The first-order valence-electron chi connectivity index (χ1n) is 9.23. The van der Waals surface area contributed by atoms with Gasteiger partial charge in [0.2, 0.25) is 0 Å². The van der Waals surface area contributed by atoms with Gasteiger partial charge in [0, 0.05) is 6.54 Å². The molecule has 0 saturated heterocycles. The molecular weight excluding hydrogens is 356 g/mol. The van der Waals surface area contributed by atoms with Crippen molar-refractivity contribution in [3.05, 3.63) is 71.3 Å². The van der Waals surface area contributed by atoms with E-state index in [0.29, 0.717) is 0 Å². The van der Waals surface area contributed by atoms with Crippen LogP contribution in [0.15, 0.2) is 54.6 Å². The van der Waals surface area contributed by atoms with E-state index in [4.69, 9.17) is 9.47 Å². The van der Waals surface area contributed by atoms with E-state index in [1.807, 2.05) is 61.5 Å². The first-order valence-corrected chi connectivity index (χ1v) is 9.23. The van der Waals surface area contributed by atoms with Crippen LogP contribution in [0.2, 0.25) is 0 Å². The zero-order chi connectivity index (χ0) is 20.6. The number of alkyl carbamates (subject to hydrolysis) is 2. The Hall–Kier alpha value is -3.02. The van der Waals surface area contributed by atoms with Crippen molar-refractivity contribution in [1.29, 1.82) is 0 Å². The SMILES string of the molecule is Cc1ccc(C(CNC(=O)OC(C)(C)C)NC(=O)OCc2ccccc2)cc1. The van der Waals surface area contributed by atoms with Gasteiger partial charge in [-0.3, -0.25) is 0 Å². The van der Waals surface area contributed by atoms with Crippen LogP contribution in [0.25, 0.3) is 0 Å². The molecule has 150 valence electrons. The highest BCUT2D eigenvalue weighted by atomic mass is 16.6. The number of hydrogen-bond donors (Lipinski definition) is 2. The fourth-order valence-electron chi connectivity index (χ4n) is 2.46. The lowest BCUT2D eigenvalue weighted by molar-refractivity contribution is 0.0520. The second-order valence-electron chi connectivity index (χ2n) is 7.55. The van der Waals surface area contributed by atoms with E-state index in [2.05, 4.69) is 10.6 Å². The molecular formula is C22H28N2O4. The standard InChI is InChI=1S/C22H28N2O4/c1-16-10-12-18(13-11-16)19(14-23-20(25)28-22(2,3)4)24-21(26)27-15-17-8-6-5-7-9-17/h5-13,19H,14-15H2,1-4H3,(H,23,25)(H,24,26). The molecule has 28 heavy (non-hydrogen) atoms. The Bertz CT molecular complexity index is 767. The van der Waals surface area contributed by atoms with Gasteiger partial charge in [0.25, 0.3) is 0 Å². The number of carbonyl (C=O) groups is 2. The molecule has 0 aliphatic heterocycles. The van der Waals surface area contributed by atoms with Crippen LogP contribution < -0.4 is 10.6 Å². The monoisotopic (exact) mass is 384 g/mol. The van der Waals surface area contributed by atoms with Gasteiger partial charge < -0.3 is 20.1 Å². The van der Waals surface area contributed by atoms with Crippen molar-refractivity contribution in [3.8, 4) is 0 Å². The van der Waals surface area contributed by atoms with Crippen molar-refractivity contribution < 1.29 is 19.1 Å². The molecule has 0 aliphatic carbocycles. The lowest BCUT2D eigenvalue weighted by atomic mass is 10.1. The van der Waals surface area contributed by atoms with Crippen molar-refractivity contribution >= 4 is 12.2 Å². The molecule has 1 atom stereocenters. The van der Waals surface area contributed by atoms with Gasteiger partial charge in [-0.1, -0.05) is 60.2 Å². The highest BCUT2D eigenvalue weighted by Crippen LogP contribution is 2.15. The minimum absolute atomic E-state index is 0.173. The van der Waals surface area contributed by atoms with Gasteiger partial charge in [0.1, 0.15) is 12.2 Å². The van der Waals surface area contributed by atoms with Crippen LogP contribution in [0.3, 0.4) is 0 Å². The van der Waals surface area contributed by atoms with Crippen LogP contribution in [0, 0.1) is 6.92 Å². The Labute approximate surface area is 166 Å². The zero-order valence-corrected chi connectivity index (χ0v) is 16.8. The van der Waals surface area contributed by atoms with E-state index < -0.39 is 23.8 Å². The summed E-state index contributed by atoms with van der Waals surface area (Å²) in [4.78, 5) is 24.2. The predicted molar refractivity (Wildman–Crippen MR) is 108 cm³/mol. The summed E-state index contributed by atoms with van der Waals surface area (Å²) in [5.74, 6) is 0. The molecule has 2 aromatic rings. The third-order valence-corrected chi connectivity index (χ3v) is 3.83. The minimum atomic E-state index is -0.592. The molecule has 0 aromatic heterocycles. The molecule has 0 fully saturated rings. The molecule has 0 aliphatic rings.